The third-order valence-electron chi connectivity index (χ3n) is 5.07. The van der Waals surface area contributed by atoms with Gasteiger partial charge in [-0.2, -0.15) is 0 Å². The van der Waals surface area contributed by atoms with Gasteiger partial charge < -0.3 is 16.5 Å². The van der Waals surface area contributed by atoms with Crippen molar-refractivity contribution in [3.8, 4) is 0 Å². The minimum Gasteiger partial charge on any atom is -0.404 e. The highest BCUT2D eigenvalue weighted by Gasteiger charge is 2.39. The predicted molar refractivity (Wildman–Crippen MR) is 115 cm³/mol. The summed E-state index contributed by atoms with van der Waals surface area (Å²) >= 11 is 1.61. The third-order valence-corrected chi connectivity index (χ3v) is 6.08. The highest BCUT2D eigenvalue weighted by molar-refractivity contribution is 8.00. The molecule has 0 aromatic heterocycles. The Morgan fingerprint density at radius 2 is 2.11 bits per heavy atom. The summed E-state index contributed by atoms with van der Waals surface area (Å²) in [4.78, 5) is 4.70. The molecule has 6 nitrogen and oxygen atoms in total. The lowest BCUT2D eigenvalue weighted by atomic mass is 9.69. The number of nitrogens with zero attached hydrogens (tertiary/aromatic N) is 2. The van der Waals surface area contributed by atoms with E-state index in [2.05, 4.69) is 28.0 Å². The maximum atomic E-state index is 13.2. The number of halogens is 1. The molecular formula is C20H27FN6S. The molecule has 1 atom stereocenters. The van der Waals surface area contributed by atoms with Crippen LogP contribution < -0.4 is 22.3 Å². The molecule has 1 aliphatic heterocycles. The zero-order valence-corrected chi connectivity index (χ0v) is 17.0. The largest absolute Gasteiger partial charge is 0.404 e. The Kier molecular flexibility index (Phi) is 6.43. The summed E-state index contributed by atoms with van der Waals surface area (Å²) in [5.74, 6) is 5.34. The minimum atomic E-state index is -0.267. The van der Waals surface area contributed by atoms with E-state index in [9.17, 15) is 4.39 Å². The number of hydrogen-bond donors (Lipinski definition) is 4. The van der Waals surface area contributed by atoms with Crippen molar-refractivity contribution in [1.29, 1.82) is 0 Å². The van der Waals surface area contributed by atoms with Crippen molar-refractivity contribution < 1.29 is 4.39 Å². The Labute approximate surface area is 169 Å². The summed E-state index contributed by atoms with van der Waals surface area (Å²) in [7, 11) is 1.84. The molecule has 150 valence electrons. The topological polar surface area (TPSA) is 91.7 Å². The van der Waals surface area contributed by atoms with Crippen LogP contribution in [0, 0.1) is 11.2 Å². The molecule has 8 heteroatoms. The van der Waals surface area contributed by atoms with Crippen LogP contribution in [0.2, 0.25) is 0 Å². The van der Waals surface area contributed by atoms with E-state index in [1.807, 2.05) is 13.2 Å². The van der Waals surface area contributed by atoms with Gasteiger partial charge in [-0.15, -0.1) is 0 Å². The fraction of sp³-hybridized carbons (Fsp3) is 0.350. The van der Waals surface area contributed by atoms with Crippen LogP contribution in [-0.2, 0) is 0 Å². The van der Waals surface area contributed by atoms with Gasteiger partial charge in [0.15, 0.2) is 0 Å². The normalized spacial score (nSPS) is 26.1. The van der Waals surface area contributed by atoms with Crippen LogP contribution in [-0.4, -0.2) is 30.2 Å². The monoisotopic (exact) mass is 402 g/mol. The molecule has 1 heterocycles. The Hall–Kier alpha value is -2.29. The third kappa shape index (κ3) is 4.57. The summed E-state index contributed by atoms with van der Waals surface area (Å²) in [5, 5.41) is 3.86. The first-order valence-corrected chi connectivity index (χ1v) is 9.98. The number of rotatable bonds is 5. The van der Waals surface area contributed by atoms with E-state index in [4.69, 9.17) is 16.6 Å². The SMILES string of the molecule is CN/C=C(\NN)SN1CCC2=CC(=Nc3ccc(F)cc3)C(=CN)CC2(C)C1. The first-order chi connectivity index (χ1) is 13.5. The lowest BCUT2D eigenvalue weighted by Gasteiger charge is -2.44. The zero-order valence-electron chi connectivity index (χ0n) is 16.2. The van der Waals surface area contributed by atoms with E-state index in [1.54, 1.807) is 30.3 Å². The molecule has 1 aromatic rings. The second-order valence-electron chi connectivity index (χ2n) is 7.22. The number of benzene rings is 1. The quantitative estimate of drug-likeness (QED) is 0.344. The zero-order chi connectivity index (χ0) is 20.1. The Morgan fingerprint density at radius 1 is 1.36 bits per heavy atom. The summed E-state index contributed by atoms with van der Waals surface area (Å²) in [6, 6.07) is 6.19. The number of hydrazine groups is 1. The van der Waals surface area contributed by atoms with E-state index in [-0.39, 0.29) is 11.2 Å². The van der Waals surface area contributed by atoms with Crippen molar-refractivity contribution in [3.63, 3.8) is 0 Å². The summed E-state index contributed by atoms with van der Waals surface area (Å²) in [5.41, 5.74) is 12.6. The van der Waals surface area contributed by atoms with Crippen LogP contribution >= 0.6 is 11.9 Å². The Balaban J connectivity index is 1.83. The minimum absolute atomic E-state index is 0.0162. The molecule has 28 heavy (non-hydrogen) atoms. The number of allylic oxidation sites excluding steroid dienone is 2. The summed E-state index contributed by atoms with van der Waals surface area (Å²) < 4.78 is 15.5. The van der Waals surface area contributed by atoms with Crippen LogP contribution in [0.25, 0.3) is 0 Å². The number of piperidine rings is 1. The van der Waals surface area contributed by atoms with Gasteiger partial charge in [0.05, 0.1) is 11.4 Å². The first-order valence-electron chi connectivity index (χ1n) is 9.21. The standard InChI is InChI=1S/C20H27FN6S/c1-20-10-14(11-22)18(25-17-5-3-16(21)4-6-17)9-15(20)7-8-27(13-20)28-19(26-23)12-24-2/h3-6,9,11-12,24,26H,7-8,10,13,22-23H2,1-2H3/b14-11?,19-12+,25-18?. The first kappa shape index (κ1) is 20.4. The number of fused-ring (bicyclic) bond motifs is 1. The highest BCUT2D eigenvalue weighted by Crippen LogP contribution is 2.45. The molecule has 0 radical (unpaired) electrons. The maximum absolute atomic E-state index is 13.2. The number of nitrogens with one attached hydrogen (secondary N) is 2. The average molecular weight is 403 g/mol. The van der Waals surface area contributed by atoms with Gasteiger partial charge in [0.1, 0.15) is 10.8 Å². The molecule has 2 aliphatic rings. The maximum Gasteiger partial charge on any atom is 0.123 e. The van der Waals surface area contributed by atoms with Crippen LogP contribution in [0.3, 0.4) is 0 Å². The Morgan fingerprint density at radius 3 is 2.75 bits per heavy atom. The smallest absolute Gasteiger partial charge is 0.123 e. The summed E-state index contributed by atoms with van der Waals surface area (Å²) in [6.07, 6.45) is 7.40. The van der Waals surface area contributed by atoms with E-state index >= 15 is 0 Å². The van der Waals surface area contributed by atoms with Crippen molar-refractivity contribution in [1.82, 2.24) is 15.0 Å². The molecule has 0 bridgehead atoms. The Bertz CT molecular complexity index is 830. The van der Waals surface area contributed by atoms with E-state index in [0.717, 1.165) is 47.9 Å². The van der Waals surface area contributed by atoms with Gasteiger partial charge in [-0.25, -0.2) is 19.5 Å². The van der Waals surface area contributed by atoms with Gasteiger partial charge in [-0.05, 0) is 66.9 Å². The molecule has 3 rings (SSSR count). The molecule has 1 unspecified atom stereocenters. The summed E-state index contributed by atoms with van der Waals surface area (Å²) in [6.45, 7) is 4.06. The van der Waals surface area contributed by atoms with Gasteiger partial charge in [-0.3, -0.25) is 0 Å². The van der Waals surface area contributed by atoms with E-state index < -0.39 is 0 Å². The van der Waals surface area contributed by atoms with Gasteiger partial charge in [0.2, 0.25) is 0 Å². The van der Waals surface area contributed by atoms with Crippen molar-refractivity contribution in [2.75, 3.05) is 20.1 Å². The van der Waals surface area contributed by atoms with Gasteiger partial charge in [0.25, 0.3) is 0 Å². The molecule has 0 saturated carbocycles. The molecule has 1 aromatic carbocycles. The molecule has 0 amide bonds. The fourth-order valence-electron chi connectivity index (χ4n) is 3.65. The van der Waals surface area contributed by atoms with Crippen LogP contribution in [0.4, 0.5) is 10.1 Å². The van der Waals surface area contributed by atoms with Gasteiger partial charge in [0, 0.05) is 31.8 Å². The van der Waals surface area contributed by atoms with Crippen LogP contribution in [0.1, 0.15) is 19.8 Å². The molecular weight excluding hydrogens is 375 g/mol. The highest BCUT2D eigenvalue weighted by atomic mass is 32.2. The molecule has 0 spiro atoms. The molecule has 6 N–H and O–H groups in total. The average Bonchev–Trinajstić information content (AvgIpc) is 2.69. The lowest BCUT2D eigenvalue weighted by molar-refractivity contribution is 0.246. The second-order valence-corrected chi connectivity index (χ2v) is 8.36. The second kappa shape index (κ2) is 8.81. The molecule has 1 saturated heterocycles. The van der Waals surface area contributed by atoms with Gasteiger partial charge in [-0.1, -0.05) is 12.5 Å². The van der Waals surface area contributed by atoms with Crippen molar-refractivity contribution in [3.05, 3.63) is 64.7 Å². The van der Waals surface area contributed by atoms with Crippen molar-refractivity contribution >= 4 is 23.3 Å². The number of aliphatic imine (C=N–C) groups is 1. The van der Waals surface area contributed by atoms with Crippen molar-refractivity contribution in [2.45, 2.75) is 19.8 Å². The fourth-order valence-corrected chi connectivity index (χ4v) is 4.68. The number of nitrogens with two attached hydrogens (primary N) is 2. The van der Waals surface area contributed by atoms with E-state index in [1.165, 1.54) is 17.7 Å². The van der Waals surface area contributed by atoms with Crippen molar-refractivity contribution in [2.24, 2.45) is 22.0 Å². The number of hydrogen-bond acceptors (Lipinski definition) is 7. The molecule has 1 aliphatic carbocycles. The van der Waals surface area contributed by atoms with Crippen LogP contribution in [0.15, 0.2) is 63.9 Å². The predicted octanol–water partition coefficient (Wildman–Crippen LogP) is 2.91. The van der Waals surface area contributed by atoms with Crippen LogP contribution in [0.5, 0.6) is 0 Å². The lowest BCUT2D eigenvalue weighted by Crippen LogP contribution is -2.43. The van der Waals surface area contributed by atoms with Gasteiger partial charge >= 0.3 is 0 Å². The van der Waals surface area contributed by atoms with E-state index in [0.29, 0.717) is 0 Å². The molecule has 1 fully saturated rings.